The molecular formula is C18H25FN2O. The Morgan fingerprint density at radius 1 is 1.32 bits per heavy atom. The topological polar surface area (TPSA) is 23.6 Å². The van der Waals surface area contributed by atoms with Crippen molar-refractivity contribution in [1.29, 1.82) is 0 Å². The number of likely N-dealkylation sites (tertiary alicyclic amines) is 1. The van der Waals surface area contributed by atoms with E-state index in [1.165, 1.54) is 25.0 Å². The van der Waals surface area contributed by atoms with Gasteiger partial charge >= 0.3 is 0 Å². The molecule has 0 radical (unpaired) electrons. The van der Waals surface area contributed by atoms with E-state index in [0.717, 1.165) is 24.6 Å². The molecule has 0 N–H and O–H groups in total. The summed E-state index contributed by atoms with van der Waals surface area (Å²) in [6.45, 7) is 1.74. The van der Waals surface area contributed by atoms with Crippen molar-refractivity contribution in [2.75, 3.05) is 27.2 Å². The van der Waals surface area contributed by atoms with Crippen molar-refractivity contribution in [2.24, 2.45) is 11.8 Å². The largest absolute Gasteiger partial charge is 0.341 e. The molecule has 0 spiro atoms. The lowest BCUT2D eigenvalue weighted by Crippen LogP contribution is -2.36. The minimum atomic E-state index is -0.229. The molecule has 1 aromatic rings. The highest BCUT2D eigenvalue weighted by molar-refractivity contribution is 5.77. The third-order valence-electron chi connectivity index (χ3n) is 5.09. The van der Waals surface area contributed by atoms with Crippen molar-refractivity contribution < 1.29 is 9.18 Å². The van der Waals surface area contributed by atoms with Crippen LogP contribution in [0.1, 0.15) is 24.8 Å². The summed E-state index contributed by atoms with van der Waals surface area (Å²) < 4.78 is 13.2. The summed E-state index contributed by atoms with van der Waals surface area (Å²) in [5, 5.41) is 0. The van der Waals surface area contributed by atoms with Gasteiger partial charge in [-0.05, 0) is 62.9 Å². The molecule has 0 bridgehead atoms. The summed E-state index contributed by atoms with van der Waals surface area (Å²) in [7, 11) is 4.22. The number of hydrogen-bond acceptors (Lipinski definition) is 2. The molecule has 2 aliphatic rings. The minimum absolute atomic E-state index is 0.208. The molecular weight excluding hydrogens is 279 g/mol. The van der Waals surface area contributed by atoms with E-state index in [9.17, 15) is 9.18 Å². The van der Waals surface area contributed by atoms with E-state index in [1.54, 1.807) is 6.07 Å². The first-order chi connectivity index (χ1) is 10.5. The quantitative estimate of drug-likeness (QED) is 0.835. The first kappa shape index (κ1) is 15.5. The maximum absolute atomic E-state index is 13.2. The van der Waals surface area contributed by atoms with E-state index in [-0.39, 0.29) is 11.7 Å². The van der Waals surface area contributed by atoms with Gasteiger partial charge in [-0.3, -0.25) is 4.79 Å². The van der Waals surface area contributed by atoms with Crippen molar-refractivity contribution in [3.63, 3.8) is 0 Å². The molecule has 2 fully saturated rings. The highest BCUT2D eigenvalue weighted by atomic mass is 19.1. The van der Waals surface area contributed by atoms with Gasteiger partial charge in [0.1, 0.15) is 5.82 Å². The zero-order chi connectivity index (χ0) is 15.7. The van der Waals surface area contributed by atoms with E-state index in [0.29, 0.717) is 24.8 Å². The maximum Gasteiger partial charge on any atom is 0.222 e. The van der Waals surface area contributed by atoms with Crippen LogP contribution in [0.2, 0.25) is 0 Å². The number of benzene rings is 1. The molecule has 0 unspecified atom stereocenters. The van der Waals surface area contributed by atoms with Gasteiger partial charge in [-0.15, -0.1) is 0 Å². The summed E-state index contributed by atoms with van der Waals surface area (Å²) in [5.74, 6) is 1.42. The second kappa shape index (κ2) is 6.37. The number of carbonyl (C=O) groups excluding carboxylic acids is 1. The van der Waals surface area contributed by atoms with Gasteiger partial charge in [-0.25, -0.2) is 4.39 Å². The van der Waals surface area contributed by atoms with E-state index < -0.39 is 0 Å². The van der Waals surface area contributed by atoms with Crippen LogP contribution >= 0.6 is 0 Å². The van der Waals surface area contributed by atoms with Crippen LogP contribution in [0.25, 0.3) is 0 Å². The number of halogens is 1. The first-order valence-corrected chi connectivity index (χ1v) is 8.23. The molecule has 120 valence electrons. The number of aryl methyl sites for hydroxylation is 1. The molecule has 1 aliphatic heterocycles. The summed E-state index contributed by atoms with van der Waals surface area (Å²) in [6, 6.07) is 7.04. The Kier molecular flexibility index (Phi) is 4.48. The highest BCUT2D eigenvalue weighted by Gasteiger charge is 2.44. The van der Waals surface area contributed by atoms with Gasteiger partial charge in [0.15, 0.2) is 0 Å². The van der Waals surface area contributed by atoms with Gasteiger partial charge in [-0.1, -0.05) is 12.1 Å². The van der Waals surface area contributed by atoms with Crippen molar-refractivity contribution in [1.82, 2.24) is 9.80 Å². The fourth-order valence-electron chi connectivity index (χ4n) is 3.65. The van der Waals surface area contributed by atoms with Crippen LogP contribution in [0.15, 0.2) is 24.3 Å². The molecule has 1 heterocycles. The van der Waals surface area contributed by atoms with E-state index >= 15 is 0 Å². The van der Waals surface area contributed by atoms with E-state index in [4.69, 9.17) is 0 Å². The van der Waals surface area contributed by atoms with Crippen molar-refractivity contribution in [3.8, 4) is 0 Å². The van der Waals surface area contributed by atoms with E-state index in [1.807, 2.05) is 11.0 Å². The third kappa shape index (κ3) is 3.49. The molecule has 1 saturated carbocycles. The Hall–Kier alpha value is -1.42. The van der Waals surface area contributed by atoms with Gasteiger partial charge in [-0.2, -0.15) is 0 Å². The zero-order valence-corrected chi connectivity index (χ0v) is 13.5. The smallest absolute Gasteiger partial charge is 0.222 e. The molecule has 4 heteroatoms. The maximum atomic E-state index is 13.2. The van der Waals surface area contributed by atoms with Crippen LogP contribution in [-0.2, 0) is 11.2 Å². The van der Waals surface area contributed by atoms with Crippen LogP contribution in [0.4, 0.5) is 4.39 Å². The summed E-state index contributed by atoms with van der Waals surface area (Å²) >= 11 is 0. The van der Waals surface area contributed by atoms with Crippen molar-refractivity contribution in [3.05, 3.63) is 35.6 Å². The SMILES string of the molecule is CN(C)[C@H]1CN(C(=O)CCc2cccc(F)c2)C[C@@H]1C1CC1. The Morgan fingerprint density at radius 2 is 2.09 bits per heavy atom. The average Bonchev–Trinajstić information content (AvgIpc) is 3.23. The molecule has 0 aromatic heterocycles. The van der Waals surface area contributed by atoms with Gasteiger partial charge < -0.3 is 9.80 Å². The van der Waals surface area contributed by atoms with E-state index in [2.05, 4.69) is 19.0 Å². The fourth-order valence-corrected chi connectivity index (χ4v) is 3.65. The Labute approximate surface area is 132 Å². The number of carbonyl (C=O) groups is 1. The van der Waals surface area contributed by atoms with Crippen LogP contribution in [0, 0.1) is 17.7 Å². The third-order valence-corrected chi connectivity index (χ3v) is 5.09. The molecule has 2 atom stereocenters. The number of likely N-dealkylation sites (N-methyl/N-ethyl adjacent to an activating group) is 1. The summed E-state index contributed by atoms with van der Waals surface area (Å²) in [5.41, 5.74) is 0.899. The Morgan fingerprint density at radius 3 is 2.73 bits per heavy atom. The Balaban J connectivity index is 1.56. The average molecular weight is 304 g/mol. The van der Waals surface area contributed by atoms with Gasteiger partial charge in [0.25, 0.3) is 0 Å². The van der Waals surface area contributed by atoms with Crippen LogP contribution in [0.3, 0.4) is 0 Å². The minimum Gasteiger partial charge on any atom is -0.341 e. The fraction of sp³-hybridized carbons (Fsp3) is 0.611. The monoisotopic (exact) mass is 304 g/mol. The predicted molar refractivity (Wildman–Crippen MR) is 85.0 cm³/mol. The zero-order valence-electron chi connectivity index (χ0n) is 13.5. The molecule has 3 nitrogen and oxygen atoms in total. The van der Waals surface area contributed by atoms with Crippen LogP contribution in [0.5, 0.6) is 0 Å². The molecule has 1 saturated heterocycles. The number of nitrogens with zero attached hydrogens (tertiary/aromatic N) is 2. The summed E-state index contributed by atoms with van der Waals surface area (Å²) in [4.78, 5) is 16.8. The van der Waals surface area contributed by atoms with Crippen LogP contribution < -0.4 is 0 Å². The normalized spacial score (nSPS) is 25.0. The van der Waals surface area contributed by atoms with Gasteiger partial charge in [0.2, 0.25) is 5.91 Å². The van der Waals surface area contributed by atoms with Gasteiger partial charge in [0, 0.05) is 25.6 Å². The van der Waals surface area contributed by atoms with Crippen LogP contribution in [-0.4, -0.2) is 48.9 Å². The second-order valence-corrected chi connectivity index (χ2v) is 6.96. The predicted octanol–water partition coefficient (Wildman–Crippen LogP) is 2.56. The number of rotatable bonds is 5. The molecule has 1 aromatic carbocycles. The number of amides is 1. The molecule has 3 rings (SSSR count). The standard InChI is InChI=1S/C18H25FN2O/c1-20(2)17-12-21(11-16(17)14-7-8-14)18(22)9-6-13-4-3-5-15(19)10-13/h3-5,10,14,16-17H,6-9,11-12H2,1-2H3/t16-,17+/m1/s1. The number of hydrogen-bond donors (Lipinski definition) is 0. The summed E-state index contributed by atoms with van der Waals surface area (Å²) in [6.07, 6.45) is 3.73. The van der Waals surface area contributed by atoms with Gasteiger partial charge in [0.05, 0.1) is 0 Å². The second-order valence-electron chi connectivity index (χ2n) is 6.96. The Bertz CT molecular complexity index is 532. The molecule has 1 amide bonds. The first-order valence-electron chi connectivity index (χ1n) is 8.23. The molecule has 22 heavy (non-hydrogen) atoms. The lowest BCUT2D eigenvalue weighted by atomic mass is 9.97. The van der Waals surface area contributed by atoms with Crippen molar-refractivity contribution >= 4 is 5.91 Å². The lowest BCUT2D eigenvalue weighted by Gasteiger charge is -2.24. The van der Waals surface area contributed by atoms with Crippen molar-refractivity contribution in [2.45, 2.75) is 31.7 Å². The highest BCUT2D eigenvalue weighted by Crippen LogP contribution is 2.42. The lowest BCUT2D eigenvalue weighted by molar-refractivity contribution is -0.130. The molecule has 1 aliphatic carbocycles.